The Balaban J connectivity index is 0.00000115. The molecule has 0 radical (unpaired) electrons. The minimum absolute atomic E-state index is 0. The monoisotopic (exact) mass is 635 g/mol. The maximum atomic E-state index is 10.8. The largest absolute Gasteiger partial charge is 1.00 e. The molecule has 0 unspecified atom stereocenters. The van der Waals surface area contributed by atoms with E-state index in [1.54, 1.807) is 80.8 Å². The molecule has 0 atom stereocenters. The number of amidine groups is 1. The van der Waals surface area contributed by atoms with Crippen LogP contribution in [0.5, 0.6) is 0 Å². The molecule has 0 aromatic carbocycles. The highest BCUT2D eigenvalue weighted by Gasteiger charge is 2.15. The van der Waals surface area contributed by atoms with Crippen LogP contribution in [0.15, 0.2) is 93.6 Å². The number of halogens is 2. The van der Waals surface area contributed by atoms with Crippen LogP contribution in [0.3, 0.4) is 0 Å². The molecule has 0 saturated carbocycles. The molecule has 3 rings (SSSR count). The predicted molar refractivity (Wildman–Crippen MR) is 147 cm³/mol. The fourth-order valence-corrected chi connectivity index (χ4v) is 3.33. The number of aromatic carboxylic acids is 1. The van der Waals surface area contributed by atoms with Gasteiger partial charge in [-0.25, -0.2) is 9.36 Å². The molecule has 0 aliphatic carbocycles. The molecule has 3 heterocycles. The van der Waals surface area contributed by atoms with Gasteiger partial charge in [0, 0.05) is 36.9 Å². The molecule has 0 aliphatic heterocycles. The van der Waals surface area contributed by atoms with Crippen LogP contribution in [0, 0.1) is 5.92 Å². The van der Waals surface area contributed by atoms with Crippen molar-refractivity contribution in [1.82, 2.24) is 4.57 Å². The second-order valence-electron chi connectivity index (χ2n) is 8.88. The van der Waals surface area contributed by atoms with Crippen molar-refractivity contribution in [2.24, 2.45) is 26.3 Å². The van der Waals surface area contributed by atoms with Crippen molar-refractivity contribution in [3.63, 3.8) is 0 Å². The number of hydrogen-bond acceptors (Lipinski definition) is 6. The summed E-state index contributed by atoms with van der Waals surface area (Å²) in [7, 11) is 0. The minimum atomic E-state index is -0.892. The van der Waals surface area contributed by atoms with Gasteiger partial charge in [-0.2, -0.15) is 4.57 Å². The second-order valence-corrected chi connectivity index (χ2v) is 8.88. The number of azo groups is 1. The van der Waals surface area contributed by atoms with Crippen LogP contribution in [0.1, 0.15) is 44.1 Å². The van der Waals surface area contributed by atoms with Gasteiger partial charge >= 0.3 is 23.7 Å². The lowest BCUT2D eigenvalue weighted by Gasteiger charge is -2.04. The molecular weight excluding hydrogens is 601 g/mol. The zero-order chi connectivity index (χ0) is 30.2. The summed E-state index contributed by atoms with van der Waals surface area (Å²) in [5.74, 6) is -1.84. The Morgan fingerprint density at radius 3 is 2.07 bits per heavy atom. The number of aryl methyl sites for hydroxylation is 3. The van der Waals surface area contributed by atoms with E-state index in [9.17, 15) is 14.4 Å². The van der Waals surface area contributed by atoms with Gasteiger partial charge in [-0.3, -0.25) is 9.59 Å². The van der Waals surface area contributed by atoms with Gasteiger partial charge in [0.15, 0.2) is 11.7 Å². The summed E-state index contributed by atoms with van der Waals surface area (Å²) in [5.41, 5.74) is 0.832. The number of nitrogens with zero attached hydrogens (tertiary/aromatic N) is 7. The molecule has 0 spiro atoms. The highest BCUT2D eigenvalue weighted by Crippen LogP contribution is 2.08. The summed E-state index contributed by atoms with van der Waals surface area (Å²) in [6, 6.07) is 15.7. The van der Waals surface area contributed by atoms with E-state index in [1.165, 1.54) is 0 Å². The molecule has 0 bridgehead atoms. The Hall–Kier alpha value is -4.49. The summed E-state index contributed by atoms with van der Waals surface area (Å²) in [6.45, 7) is 6.95. The first-order valence-electron chi connectivity index (χ1n) is 12.9. The number of carboxylic acids is 3. The van der Waals surface area contributed by atoms with Gasteiger partial charge < -0.3 is 44.7 Å². The Kier molecular flexibility index (Phi) is 18.3. The summed E-state index contributed by atoms with van der Waals surface area (Å²) < 4.78 is 5.08. The zero-order valence-electron chi connectivity index (χ0n) is 24.0. The summed E-state index contributed by atoms with van der Waals surface area (Å²) in [6.07, 6.45) is 5.18. The van der Waals surface area contributed by atoms with Crippen molar-refractivity contribution in [2.45, 2.75) is 53.2 Å². The van der Waals surface area contributed by atoms with E-state index in [-0.39, 0.29) is 56.7 Å². The summed E-state index contributed by atoms with van der Waals surface area (Å²) in [4.78, 5) is 32.2. The molecular formula is C28H35Cl2N7O6. The number of aliphatic carboxylic acids is 2. The van der Waals surface area contributed by atoms with Crippen LogP contribution in [-0.2, 0) is 29.2 Å². The van der Waals surface area contributed by atoms with Crippen LogP contribution in [0.4, 0.5) is 5.82 Å². The van der Waals surface area contributed by atoms with Crippen LogP contribution in [0.25, 0.3) is 0 Å². The number of pyridine rings is 3. The van der Waals surface area contributed by atoms with E-state index in [0.717, 1.165) is 0 Å². The van der Waals surface area contributed by atoms with Gasteiger partial charge in [-0.05, 0) is 36.3 Å². The van der Waals surface area contributed by atoms with Crippen molar-refractivity contribution < 1.29 is 63.7 Å². The van der Waals surface area contributed by atoms with E-state index in [4.69, 9.17) is 15.3 Å². The smallest absolute Gasteiger partial charge is 0.401 e. The molecule has 13 nitrogen and oxygen atoms in total. The van der Waals surface area contributed by atoms with Gasteiger partial charge in [-0.15, -0.1) is 10.2 Å². The molecule has 232 valence electrons. The molecule has 15 heteroatoms. The van der Waals surface area contributed by atoms with Crippen molar-refractivity contribution >= 4 is 29.6 Å². The topological polar surface area (TPSA) is 174 Å². The second kappa shape index (κ2) is 20.4. The molecule has 0 aliphatic rings. The molecule has 3 aromatic heterocycles. The quantitative estimate of drug-likeness (QED) is 0.0669. The Bertz CT molecular complexity index is 1480. The van der Waals surface area contributed by atoms with Gasteiger partial charge in [0.25, 0.3) is 5.69 Å². The predicted octanol–water partition coefficient (Wildman–Crippen LogP) is -2.92. The number of hydrogen-bond donors (Lipinski definition) is 3. The molecule has 0 amide bonds. The third-order valence-electron chi connectivity index (χ3n) is 5.49. The van der Waals surface area contributed by atoms with Crippen LogP contribution < -0.4 is 39.4 Å². The molecule has 3 aromatic rings. The van der Waals surface area contributed by atoms with Gasteiger partial charge in [0.05, 0.1) is 24.2 Å². The lowest BCUT2D eigenvalue weighted by Crippen LogP contribution is -3.00. The molecule has 3 N–H and O–H groups in total. The van der Waals surface area contributed by atoms with E-state index >= 15 is 0 Å². The standard InChI is InChI=1S/C20H24N6O4.C8H9NO2.2ClH/c1-15(2)20(23-21-16-7-3-5-11-25(16)13-9-18(27)28)24-22-17-8-4-6-12-26(17)14-10-19(29)30;1-2-9-6-4-3-5-7(9)8(10)11;;/h3-8,11-12,15H,9-10,13-14H2,1-2H3,(H-,27,28,29,30);3-6H,2H2,1H3;2*1H. The average molecular weight is 637 g/mol. The number of rotatable bonds is 11. The van der Waals surface area contributed by atoms with Gasteiger partial charge in [0.1, 0.15) is 13.1 Å². The first kappa shape index (κ1) is 38.5. The van der Waals surface area contributed by atoms with E-state index in [0.29, 0.717) is 29.4 Å². The third-order valence-corrected chi connectivity index (χ3v) is 5.49. The zero-order valence-corrected chi connectivity index (χ0v) is 25.5. The Labute approximate surface area is 261 Å². The number of carboxylic acid groups (broad SMARTS) is 3. The minimum Gasteiger partial charge on any atom is -1.00 e. The summed E-state index contributed by atoms with van der Waals surface area (Å²) >= 11 is 0. The van der Waals surface area contributed by atoms with Crippen molar-refractivity contribution in [3.8, 4) is 0 Å². The maximum Gasteiger partial charge on any atom is 0.401 e. The van der Waals surface area contributed by atoms with E-state index in [1.807, 2.05) is 26.8 Å². The maximum absolute atomic E-state index is 10.8. The van der Waals surface area contributed by atoms with Crippen LogP contribution >= 0.6 is 0 Å². The molecule has 0 fully saturated rings. The first-order valence-corrected chi connectivity index (χ1v) is 12.9. The summed E-state index contributed by atoms with van der Waals surface area (Å²) in [5, 5.41) is 43.3. The highest BCUT2D eigenvalue weighted by atomic mass is 35.5. The van der Waals surface area contributed by atoms with Crippen molar-refractivity contribution in [3.05, 3.63) is 84.4 Å². The first-order chi connectivity index (χ1) is 19.6. The van der Waals surface area contributed by atoms with E-state index in [2.05, 4.69) is 20.4 Å². The van der Waals surface area contributed by atoms with Crippen molar-refractivity contribution in [1.29, 1.82) is 0 Å². The Morgan fingerprint density at radius 2 is 1.49 bits per heavy atom. The number of carbonyl (C=O) groups is 3. The fourth-order valence-electron chi connectivity index (χ4n) is 3.33. The molecule has 0 saturated heterocycles. The normalized spacial score (nSPS) is 11.3. The lowest BCUT2D eigenvalue weighted by atomic mass is 10.2. The van der Waals surface area contributed by atoms with E-state index < -0.39 is 17.9 Å². The fraction of sp³-hybridized carbons (Fsp3) is 0.321. The lowest BCUT2D eigenvalue weighted by molar-refractivity contribution is -0.695. The van der Waals surface area contributed by atoms with Gasteiger partial charge in [0.2, 0.25) is 5.84 Å². The Morgan fingerprint density at radius 1 is 0.860 bits per heavy atom. The SMILES string of the molecule is CC(C)C(N=Nc1cccc[n+]1CCC(=O)O)=NN=c1ccccn1CCC(=O)O.CC[n+]1ccccc1C(=O)O.[Cl-].[Cl-]. The van der Waals surface area contributed by atoms with Gasteiger partial charge in [-0.1, -0.05) is 26.0 Å². The van der Waals surface area contributed by atoms with Crippen LogP contribution in [-0.4, -0.2) is 43.6 Å². The van der Waals surface area contributed by atoms with Crippen LogP contribution in [0.2, 0.25) is 0 Å². The number of aromatic nitrogens is 3. The van der Waals surface area contributed by atoms with Crippen molar-refractivity contribution in [2.75, 3.05) is 0 Å². The third kappa shape index (κ3) is 13.8. The highest BCUT2D eigenvalue weighted by molar-refractivity contribution is 5.84. The average Bonchev–Trinajstić information content (AvgIpc) is 2.95. The molecule has 43 heavy (non-hydrogen) atoms.